The fourth-order valence-electron chi connectivity index (χ4n) is 1.49. The van der Waals surface area contributed by atoms with Crippen molar-refractivity contribution in [3.8, 4) is 17.4 Å². The third-order valence-electron chi connectivity index (χ3n) is 2.49. The molecule has 0 amide bonds. The van der Waals surface area contributed by atoms with Gasteiger partial charge >= 0.3 is 0 Å². The zero-order valence-electron chi connectivity index (χ0n) is 10.0. The Morgan fingerprint density at radius 3 is 2.41 bits per heavy atom. The van der Waals surface area contributed by atoms with Gasteiger partial charge in [-0.2, -0.15) is 0 Å². The van der Waals surface area contributed by atoms with Gasteiger partial charge < -0.3 is 9.47 Å². The number of hydrogen-bond acceptors (Lipinski definition) is 3. The average molecular weight is 229 g/mol. The second-order valence-electron chi connectivity index (χ2n) is 3.63. The van der Waals surface area contributed by atoms with Gasteiger partial charge in [0.15, 0.2) is 0 Å². The van der Waals surface area contributed by atoms with E-state index in [9.17, 15) is 0 Å². The number of hydrogen-bond donors (Lipinski definition) is 0. The van der Waals surface area contributed by atoms with Crippen molar-refractivity contribution in [2.45, 2.75) is 13.3 Å². The summed E-state index contributed by atoms with van der Waals surface area (Å²) in [6.45, 7) is 2.10. The first-order valence-corrected chi connectivity index (χ1v) is 5.58. The Hall–Kier alpha value is -2.03. The minimum atomic E-state index is 0.620. The molecule has 17 heavy (non-hydrogen) atoms. The molecular formula is C14H15NO2. The Morgan fingerprint density at radius 1 is 1.06 bits per heavy atom. The van der Waals surface area contributed by atoms with Crippen LogP contribution in [0.2, 0.25) is 0 Å². The maximum absolute atomic E-state index is 5.65. The molecule has 1 aromatic carbocycles. The molecule has 3 nitrogen and oxygen atoms in total. The molecule has 1 aromatic heterocycles. The van der Waals surface area contributed by atoms with Crippen molar-refractivity contribution in [2.75, 3.05) is 7.11 Å². The predicted octanol–water partition coefficient (Wildman–Crippen LogP) is 3.44. The van der Waals surface area contributed by atoms with Crippen LogP contribution in [-0.4, -0.2) is 12.1 Å². The van der Waals surface area contributed by atoms with E-state index in [2.05, 4.69) is 11.9 Å². The van der Waals surface area contributed by atoms with Crippen molar-refractivity contribution in [1.29, 1.82) is 0 Å². The van der Waals surface area contributed by atoms with Gasteiger partial charge in [-0.05, 0) is 42.3 Å². The van der Waals surface area contributed by atoms with E-state index in [1.54, 1.807) is 13.3 Å². The van der Waals surface area contributed by atoms with E-state index in [0.717, 1.165) is 17.9 Å². The van der Waals surface area contributed by atoms with Crippen LogP contribution in [0.5, 0.6) is 17.4 Å². The molecule has 0 aliphatic heterocycles. The summed E-state index contributed by atoms with van der Waals surface area (Å²) in [5, 5.41) is 0. The van der Waals surface area contributed by atoms with Crippen molar-refractivity contribution in [2.24, 2.45) is 0 Å². The van der Waals surface area contributed by atoms with Gasteiger partial charge in [0.2, 0.25) is 5.88 Å². The van der Waals surface area contributed by atoms with Gasteiger partial charge in [-0.25, -0.2) is 4.98 Å². The lowest BCUT2D eigenvalue weighted by Crippen LogP contribution is -1.90. The molecule has 0 fully saturated rings. The fourth-order valence-corrected chi connectivity index (χ4v) is 1.49. The molecule has 2 rings (SSSR count). The average Bonchev–Trinajstić information content (AvgIpc) is 2.40. The first-order chi connectivity index (χ1) is 8.31. The molecule has 0 atom stereocenters. The van der Waals surface area contributed by atoms with Gasteiger partial charge in [-0.1, -0.05) is 6.92 Å². The Labute approximate surface area is 101 Å². The number of methoxy groups -OCH3 is 1. The number of rotatable bonds is 4. The maximum Gasteiger partial charge on any atom is 0.219 e. The van der Waals surface area contributed by atoms with Crippen molar-refractivity contribution in [3.63, 3.8) is 0 Å². The van der Waals surface area contributed by atoms with Crippen molar-refractivity contribution < 1.29 is 9.47 Å². The summed E-state index contributed by atoms with van der Waals surface area (Å²) in [6.07, 6.45) is 2.74. The van der Waals surface area contributed by atoms with Crippen LogP contribution in [0.3, 0.4) is 0 Å². The van der Waals surface area contributed by atoms with Crippen LogP contribution >= 0.6 is 0 Å². The highest BCUT2D eigenvalue weighted by Crippen LogP contribution is 2.22. The summed E-state index contributed by atoms with van der Waals surface area (Å²) in [4.78, 5) is 4.17. The molecule has 0 N–H and O–H groups in total. The highest BCUT2D eigenvalue weighted by molar-refractivity contribution is 5.34. The number of ether oxygens (including phenoxy) is 2. The molecule has 2 aromatic rings. The van der Waals surface area contributed by atoms with Gasteiger partial charge in [-0.15, -0.1) is 0 Å². The van der Waals surface area contributed by atoms with E-state index in [1.165, 1.54) is 5.56 Å². The quantitative estimate of drug-likeness (QED) is 0.804. The molecule has 0 unspecified atom stereocenters. The lowest BCUT2D eigenvalue weighted by molar-refractivity contribution is 0.412. The lowest BCUT2D eigenvalue weighted by Gasteiger charge is -2.06. The fraction of sp³-hybridized carbons (Fsp3) is 0.214. The van der Waals surface area contributed by atoms with Crippen molar-refractivity contribution in [1.82, 2.24) is 4.98 Å². The second-order valence-corrected chi connectivity index (χ2v) is 3.63. The number of aryl methyl sites for hydroxylation is 1. The minimum absolute atomic E-state index is 0.620. The first kappa shape index (κ1) is 11.5. The first-order valence-electron chi connectivity index (χ1n) is 5.58. The smallest absolute Gasteiger partial charge is 0.219 e. The van der Waals surface area contributed by atoms with Crippen LogP contribution in [-0.2, 0) is 6.42 Å². The highest BCUT2D eigenvalue weighted by Gasteiger charge is 2.00. The second kappa shape index (κ2) is 5.34. The molecule has 0 spiro atoms. The molecule has 88 valence electrons. The van der Waals surface area contributed by atoms with E-state index in [0.29, 0.717) is 5.88 Å². The summed E-state index contributed by atoms with van der Waals surface area (Å²) >= 11 is 0. The van der Waals surface area contributed by atoms with E-state index >= 15 is 0 Å². The van der Waals surface area contributed by atoms with Crippen LogP contribution in [0.15, 0.2) is 42.6 Å². The molecule has 3 heteroatoms. The zero-order chi connectivity index (χ0) is 12.1. The molecular weight excluding hydrogens is 214 g/mol. The topological polar surface area (TPSA) is 31.4 Å². The monoisotopic (exact) mass is 229 g/mol. The van der Waals surface area contributed by atoms with E-state index in [4.69, 9.17) is 9.47 Å². The van der Waals surface area contributed by atoms with Gasteiger partial charge in [0.1, 0.15) is 11.5 Å². The van der Waals surface area contributed by atoms with Crippen molar-refractivity contribution >= 4 is 0 Å². The molecule has 0 saturated heterocycles. The minimum Gasteiger partial charge on any atom is -0.497 e. The van der Waals surface area contributed by atoms with Crippen LogP contribution < -0.4 is 9.47 Å². The van der Waals surface area contributed by atoms with Gasteiger partial charge in [0, 0.05) is 12.3 Å². The summed E-state index contributed by atoms with van der Waals surface area (Å²) in [5.74, 6) is 2.19. The largest absolute Gasteiger partial charge is 0.497 e. The molecule has 0 saturated carbocycles. The summed E-state index contributed by atoms with van der Waals surface area (Å²) in [7, 11) is 1.64. The maximum atomic E-state index is 5.65. The third-order valence-corrected chi connectivity index (χ3v) is 2.49. The normalized spacial score (nSPS) is 10.0. The Bertz CT molecular complexity index is 480. The van der Waals surface area contributed by atoms with Crippen LogP contribution in [0.4, 0.5) is 0 Å². The number of pyridine rings is 1. The predicted molar refractivity (Wildman–Crippen MR) is 66.7 cm³/mol. The van der Waals surface area contributed by atoms with Crippen LogP contribution in [0, 0.1) is 0 Å². The molecule has 0 bridgehead atoms. The highest BCUT2D eigenvalue weighted by atomic mass is 16.5. The Kier molecular flexibility index (Phi) is 3.60. The zero-order valence-corrected chi connectivity index (χ0v) is 10.0. The van der Waals surface area contributed by atoms with Crippen LogP contribution in [0.1, 0.15) is 12.5 Å². The third kappa shape index (κ3) is 2.97. The summed E-state index contributed by atoms with van der Waals surface area (Å²) in [5.41, 5.74) is 1.21. The van der Waals surface area contributed by atoms with E-state index in [1.807, 2.05) is 36.4 Å². The van der Waals surface area contributed by atoms with Gasteiger partial charge in [0.25, 0.3) is 0 Å². The van der Waals surface area contributed by atoms with Gasteiger partial charge in [-0.3, -0.25) is 0 Å². The standard InChI is InChI=1S/C14H15NO2/c1-3-11-8-9-15-14(10-11)17-13-6-4-12(16-2)5-7-13/h4-10H,3H2,1-2H3. The van der Waals surface area contributed by atoms with Crippen LogP contribution in [0.25, 0.3) is 0 Å². The molecule has 0 aliphatic rings. The van der Waals surface area contributed by atoms with Crippen molar-refractivity contribution in [3.05, 3.63) is 48.2 Å². The molecule has 0 radical (unpaired) electrons. The summed E-state index contributed by atoms with van der Waals surface area (Å²) < 4.78 is 10.7. The molecule has 0 aliphatic carbocycles. The number of nitrogens with zero attached hydrogens (tertiary/aromatic N) is 1. The van der Waals surface area contributed by atoms with E-state index < -0.39 is 0 Å². The Morgan fingerprint density at radius 2 is 1.76 bits per heavy atom. The number of benzene rings is 1. The SMILES string of the molecule is CCc1ccnc(Oc2ccc(OC)cc2)c1. The Balaban J connectivity index is 2.13. The van der Waals surface area contributed by atoms with Gasteiger partial charge in [0.05, 0.1) is 7.11 Å². The lowest BCUT2D eigenvalue weighted by atomic mass is 10.2. The molecule has 1 heterocycles. The number of aromatic nitrogens is 1. The van der Waals surface area contributed by atoms with E-state index in [-0.39, 0.29) is 0 Å². The summed E-state index contributed by atoms with van der Waals surface area (Å²) in [6, 6.07) is 11.4.